The largest absolute Gasteiger partial charge is 0.481 e. The molecule has 0 aliphatic rings. The quantitative estimate of drug-likeness (QED) is 0.517. The molecular formula is C4H8O3. The van der Waals surface area contributed by atoms with E-state index in [1.807, 2.05) is 0 Å². The van der Waals surface area contributed by atoms with Crippen molar-refractivity contribution in [2.75, 3.05) is 0 Å². The monoisotopic (exact) mass is 108 g/mol. The van der Waals surface area contributed by atoms with Gasteiger partial charge in [0.15, 0.2) is 0 Å². The first kappa shape index (κ1) is 2.13. The first-order chi connectivity index (χ1) is 4.67. The summed E-state index contributed by atoms with van der Waals surface area (Å²) in [5, 5.41) is 16.8. The van der Waals surface area contributed by atoms with E-state index in [1.165, 1.54) is 0 Å². The van der Waals surface area contributed by atoms with Gasteiger partial charge in [-0.3, -0.25) is 4.79 Å². The van der Waals surface area contributed by atoms with Crippen LogP contribution in [0.25, 0.3) is 0 Å². The Hall–Kier alpha value is -0.570. The van der Waals surface area contributed by atoms with E-state index in [0.29, 0.717) is 0 Å². The normalized spacial score (nSPS) is 28.1. The topological polar surface area (TPSA) is 57.5 Å². The highest BCUT2D eigenvalue weighted by Crippen LogP contribution is 1.85. The van der Waals surface area contributed by atoms with E-state index in [0.717, 1.165) is 0 Å². The van der Waals surface area contributed by atoms with Gasteiger partial charge in [-0.05, 0) is 6.85 Å². The molecule has 7 heavy (non-hydrogen) atoms. The molecular weight excluding hydrogens is 96.0 g/mol. The number of rotatable bonds is 2. The molecule has 0 rings (SSSR count). The number of carboxylic acid groups (broad SMARTS) is 1. The molecule has 0 radical (unpaired) electrons. The van der Waals surface area contributed by atoms with Crippen molar-refractivity contribution in [3.05, 3.63) is 0 Å². The van der Waals surface area contributed by atoms with E-state index in [2.05, 4.69) is 0 Å². The van der Waals surface area contributed by atoms with Crippen molar-refractivity contribution < 1.29 is 20.5 Å². The van der Waals surface area contributed by atoms with Gasteiger partial charge in [0, 0.05) is 4.11 Å². The fourth-order valence-electron chi connectivity index (χ4n) is 0.143. The van der Waals surface area contributed by atoms with Gasteiger partial charge in [-0.1, -0.05) is 0 Å². The van der Waals surface area contributed by atoms with Crippen molar-refractivity contribution in [1.82, 2.24) is 0 Å². The number of carbonyl (C=O) groups is 1. The molecule has 0 saturated heterocycles. The number of hydrogen-bond acceptors (Lipinski definition) is 2. The molecule has 0 aliphatic heterocycles. The van der Waals surface area contributed by atoms with Gasteiger partial charge in [-0.15, -0.1) is 0 Å². The molecule has 2 N–H and O–H groups in total. The highest BCUT2D eigenvalue weighted by molar-refractivity contribution is 5.67. The Morgan fingerprint density at radius 2 is 2.86 bits per heavy atom. The molecule has 0 unspecified atom stereocenters. The predicted molar refractivity (Wildman–Crippen MR) is 23.9 cm³/mol. The Morgan fingerprint density at radius 1 is 2.29 bits per heavy atom. The van der Waals surface area contributed by atoms with Crippen molar-refractivity contribution >= 4 is 5.97 Å². The zero-order valence-electron chi connectivity index (χ0n) is 7.51. The number of carboxylic acids is 1. The Kier molecular flexibility index (Phi) is 0.785. The predicted octanol–water partition coefficient (Wildman–Crippen LogP) is -0.158. The lowest BCUT2D eigenvalue weighted by Gasteiger charge is -1.94. The van der Waals surface area contributed by atoms with E-state index >= 15 is 0 Å². The van der Waals surface area contributed by atoms with Crippen LogP contribution in [0.4, 0.5) is 0 Å². The Labute approximate surface area is 47.2 Å². The fraction of sp³-hybridized carbons (Fsp3) is 0.750. The minimum atomic E-state index is -2.98. The van der Waals surface area contributed by atoms with Crippen molar-refractivity contribution in [1.29, 1.82) is 0 Å². The zero-order valence-corrected chi connectivity index (χ0v) is 3.51. The second kappa shape index (κ2) is 2.58. The molecule has 0 saturated carbocycles. The first-order valence-corrected chi connectivity index (χ1v) is 1.61. The van der Waals surface area contributed by atoms with Crippen LogP contribution in [0.3, 0.4) is 0 Å². The van der Waals surface area contributed by atoms with E-state index in [1.54, 1.807) is 0 Å². The lowest BCUT2D eigenvalue weighted by molar-refractivity contribution is -0.138. The summed E-state index contributed by atoms with van der Waals surface area (Å²) in [6.07, 6.45) is -4.00. The second-order valence-corrected chi connectivity index (χ2v) is 1.02. The average molecular weight is 108 g/mol. The third-order valence-electron chi connectivity index (χ3n) is 0.319. The van der Waals surface area contributed by atoms with Crippen molar-refractivity contribution in [2.45, 2.75) is 19.4 Å². The third-order valence-corrected chi connectivity index (χ3v) is 0.319. The minimum Gasteiger partial charge on any atom is -0.481 e. The summed E-state index contributed by atoms with van der Waals surface area (Å²) in [5.74, 6) is -1.52. The van der Waals surface area contributed by atoms with Crippen molar-refractivity contribution in [3.8, 4) is 0 Å². The molecule has 0 heterocycles. The highest BCUT2D eigenvalue weighted by Gasteiger charge is 2.00. The summed E-state index contributed by atoms with van der Waals surface area (Å²) < 4.78 is 26.4. The minimum absolute atomic E-state index is 1.11. The first-order valence-electron chi connectivity index (χ1n) is 3.61. The Balaban J connectivity index is 4.34. The average Bonchev–Trinajstić information content (AvgIpc) is 1.56. The third kappa shape index (κ3) is 5.43. The second-order valence-electron chi connectivity index (χ2n) is 1.02. The molecule has 0 aromatic carbocycles. The van der Waals surface area contributed by atoms with E-state index in [-0.39, 0.29) is 0 Å². The SMILES string of the molecule is [2H]C([2H])([2H])[C@@]([2H])(O)CC(=O)O. The van der Waals surface area contributed by atoms with Crippen LogP contribution in [0.15, 0.2) is 0 Å². The van der Waals surface area contributed by atoms with Crippen LogP contribution in [-0.4, -0.2) is 22.3 Å². The molecule has 1 atom stereocenters. The molecule has 0 spiro atoms. The van der Waals surface area contributed by atoms with Gasteiger partial charge in [-0.2, -0.15) is 0 Å². The van der Waals surface area contributed by atoms with Crippen molar-refractivity contribution in [3.63, 3.8) is 0 Å². The molecule has 0 aliphatic carbocycles. The molecule has 3 nitrogen and oxygen atoms in total. The number of aliphatic hydroxyl groups is 1. The van der Waals surface area contributed by atoms with Crippen molar-refractivity contribution in [2.24, 2.45) is 0 Å². The maximum Gasteiger partial charge on any atom is 0.305 e. The summed E-state index contributed by atoms with van der Waals surface area (Å²) in [4.78, 5) is 9.93. The van der Waals surface area contributed by atoms with Crippen LogP contribution < -0.4 is 0 Å². The lowest BCUT2D eigenvalue weighted by Crippen LogP contribution is -2.07. The summed E-state index contributed by atoms with van der Waals surface area (Å²) in [6.45, 7) is -2.98. The van der Waals surface area contributed by atoms with Crippen LogP contribution in [0.5, 0.6) is 0 Å². The molecule has 0 aromatic heterocycles. The Morgan fingerprint density at radius 3 is 3.00 bits per heavy atom. The molecule has 0 bridgehead atoms. The van der Waals surface area contributed by atoms with Gasteiger partial charge < -0.3 is 10.2 Å². The zero-order chi connectivity index (χ0) is 9.28. The van der Waals surface area contributed by atoms with E-state index in [9.17, 15) is 4.79 Å². The van der Waals surface area contributed by atoms with E-state index in [4.69, 9.17) is 15.7 Å². The standard InChI is InChI=1S/C4H8O3/c1-3(5)2-4(6)7/h3,5H,2H2,1H3,(H,6,7)/t3-/m1/s1/i1D3,3D. The van der Waals surface area contributed by atoms with Gasteiger partial charge >= 0.3 is 5.97 Å². The van der Waals surface area contributed by atoms with Gasteiger partial charge in [0.05, 0.1) is 13.9 Å². The number of aliphatic carboxylic acids is 1. The Bertz CT molecular complexity index is 161. The van der Waals surface area contributed by atoms with Gasteiger partial charge in [-0.25, -0.2) is 0 Å². The molecule has 0 amide bonds. The van der Waals surface area contributed by atoms with Crippen LogP contribution in [0.1, 0.15) is 18.8 Å². The fourth-order valence-corrected chi connectivity index (χ4v) is 0.143. The smallest absolute Gasteiger partial charge is 0.305 e. The van der Waals surface area contributed by atoms with Gasteiger partial charge in [0.1, 0.15) is 0 Å². The molecule has 0 fully saturated rings. The van der Waals surface area contributed by atoms with Crippen LogP contribution in [0, 0.1) is 0 Å². The van der Waals surface area contributed by atoms with Gasteiger partial charge in [0.25, 0.3) is 0 Å². The maximum absolute atomic E-state index is 9.93. The lowest BCUT2D eigenvalue weighted by atomic mass is 10.3. The maximum atomic E-state index is 9.93. The van der Waals surface area contributed by atoms with Crippen LogP contribution in [0.2, 0.25) is 0 Å². The van der Waals surface area contributed by atoms with Crippen LogP contribution >= 0.6 is 0 Å². The van der Waals surface area contributed by atoms with Gasteiger partial charge in [0.2, 0.25) is 0 Å². The molecule has 0 aromatic rings. The number of hydrogen-bond donors (Lipinski definition) is 2. The van der Waals surface area contributed by atoms with Crippen LogP contribution in [-0.2, 0) is 4.79 Å². The summed E-state index contributed by atoms with van der Waals surface area (Å²) >= 11 is 0. The van der Waals surface area contributed by atoms with E-state index < -0.39 is 25.3 Å². The summed E-state index contributed by atoms with van der Waals surface area (Å²) in [7, 11) is 0. The highest BCUT2D eigenvalue weighted by atomic mass is 16.4. The molecule has 42 valence electrons. The molecule has 3 heteroatoms. The summed E-state index contributed by atoms with van der Waals surface area (Å²) in [6, 6.07) is 0. The summed E-state index contributed by atoms with van der Waals surface area (Å²) in [5.41, 5.74) is 0.